The van der Waals surface area contributed by atoms with E-state index in [0.717, 1.165) is 16.9 Å². The van der Waals surface area contributed by atoms with Gasteiger partial charge >= 0.3 is 5.97 Å². The van der Waals surface area contributed by atoms with E-state index in [1.54, 1.807) is 12.1 Å². The van der Waals surface area contributed by atoms with Crippen LogP contribution in [0.25, 0.3) is 5.69 Å². The predicted molar refractivity (Wildman–Crippen MR) is 122 cm³/mol. The summed E-state index contributed by atoms with van der Waals surface area (Å²) in [5, 5.41) is 12.4. The number of hydrogen-bond acceptors (Lipinski definition) is 6. The number of nitrogens with one attached hydrogen (secondary N) is 1. The fraction of sp³-hybridized carbons (Fsp3) is 0.125. The Morgan fingerprint density at radius 2 is 1.62 bits per heavy atom. The Balaban J connectivity index is 1.44. The molecule has 0 atom stereocenters. The van der Waals surface area contributed by atoms with Crippen LogP contribution in [-0.2, 0) is 22.7 Å². The van der Waals surface area contributed by atoms with Crippen molar-refractivity contribution in [2.75, 3.05) is 11.1 Å². The second-order valence-corrected chi connectivity index (χ2v) is 7.81. The monoisotopic (exact) mass is 448 g/mol. The number of esters is 1. The van der Waals surface area contributed by atoms with Gasteiger partial charge in [0.2, 0.25) is 0 Å². The molecule has 1 N–H and O–H groups in total. The highest BCUT2D eigenvalue weighted by Gasteiger charge is 2.16. The number of anilines is 1. The Labute approximate surface area is 189 Å². The van der Waals surface area contributed by atoms with Gasteiger partial charge in [-0.15, -0.1) is 10.2 Å². The molecular formula is C24H21FN4O2S. The van der Waals surface area contributed by atoms with Crippen molar-refractivity contribution in [3.8, 4) is 5.69 Å². The van der Waals surface area contributed by atoms with Gasteiger partial charge in [0, 0.05) is 11.4 Å². The van der Waals surface area contributed by atoms with Crippen molar-refractivity contribution in [3.05, 3.63) is 102 Å². The third-order valence-electron chi connectivity index (χ3n) is 4.57. The van der Waals surface area contributed by atoms with Gasteiger partial charge in [-0.2, -0.15) is 0 Å². The van der Waals surface area contributed by atoms with Crippen molar-refractivity contribution in [2.24, 2.45) is 0 Å². The van der Waals surface area contributed by atoms with Gasteiger partial charge < -0.3 is 10.1 Å². The molecule has 1 aromatic heterocycles. The zero-order chi connectivity index (χ0) is 22.2. The average molecular weight is 449 g/mol. The lowest BCUT2D eigenvalue weighted by atomic mass is 10.2. The van der Waals surface area contributed by atoms with Crippen molar-refractivity contribution in [2.45, 2.75) is 18.3 Å². The summed E-state index contributed by atoms with van der Waals surface area (Å²) >= 11 is 1.27. The summed E-state index contributed by atoms with van der Waals surface area (Å²) in [6, 6.07) is 25.3. The van der Waals surface area contributed by atoms with Gasteiger partial charge in [-0.25, -0.2) is 4.39 Å². The molecule has 0 amide bonds. The molecule has 0 spiro atoms. The van der Waals surface area contributed by atoms with Crippen LogP contribution in [0.1, 0.15) is 11.4 Å². The summed E-state index contributed by atoms with van der Waals surface area (Å²) in [7, 11) is 0. The van der Waals surface area contributed by atoms with Gasteiger partial charge in [-0.1, -0.05) is 60.3 Å². The largest absolute Gasteiger partial charge is 0.460 e. The van der Waals surface area contributed by atoms with Crippen LogP contribution in [0.2, 0.25) is 0 Å². The summed E-state index contributed by atoms with van der Waals surface area (Å²) in [4.78, 5) is 12.2. The molecule has 0 aliphatic carbocycles. The zero-order valence-corrected chi connectivity index (χ0v) is 18.0. The Morgan fingerprint density at radius 3 is 2.34 bits per heavy atom. The third-order valence-corrected chi connectivity index (χ3v) is 5.47. The summed E-state index contributed by atoms with van der Waals surface area (Å²) < 4.78 is 20.4. The molecule has 0 saturated carbocycles. The summed E-state index contributed by atoms with van der Waals surface area (Å²) in [5.74, 6) is 0.164. The molecule has 162 valence electrons. The van der Waals surface area contributed by atoms with Crippen molar-refractivity contribution >= 4 is 23.4 Å². The Morgan fingerprint density at radius 1 is 0.938 bits per heavy atom. The SMILES string of the molecule is O=C(CSc1nnc(CNc2ccc(F)cc2)n1-c1ccccc1)OCc1ccccc1. The van der Waals surface area contributed by atoms with Gasteiger partial charge in [0.25, 0.3) is 0 Å². The molecule has 0 bridgehead atoms. The number of hydrogen-bond donors (Lipinski definition) is 1. The highest BCUT2D eigenvalue weighted by atomic mass is 32.2. The minimum absolute atomic E-state index is 0.114. The number of carbonyl (C=O) groups is 1. The third kappa shape index (κ3) is 5.73. The van der Waals surface area contributed by atoms with Crippen LogP contribution in [0.3, 0.4) is 0 Å². The van der Waals surface area contributed by atoms with E-state index >= 15 is 0 Å². The minimum Gasteiger partial charge on any atom is -0.460 e. The molecule has 3 aromatic carbocycles. The molecular weight excluding hydrogens is 427 g/mol. The Bertz CT molecular complexity index is 1150. The number of aromatic nitrogens is 3. The first-order valence-corrected chi connectivity index (χ1v) is 11.0. The van der Waals surface area contributed by atoms with E-state index < -0.39 is 0 Å². The molecule has 0 fully saturated rings. The van der Waals surface area contributed by atoms with Crippen LogP contribution in [0.4, 0.5) is 10.1 Å². The summed E-state index contributed by atoms with van der Waals surface area (Å²) in [6.07, 6.45) is 0. The average Bonchev–Trinajstić information content (AvgIpc) is 3.25. The fourth-order valence-corrected chi connectivity index (χ4v) is 3.77. The number of carbonyl (C=O) groups excluding carboxylic acids is 1. The second kappa shape index (κ2) is 10.6. The number of ether oxygens (including phenoxy) is 1. The van der Waals surface area contributed by atoms with E-state index in [1.807, 2.05) is 65.2 Å². The zero-order valence-electron chi connectivity index (χ0n) is 17.1. The number of benzene rings is 3. The lowest BCUT2D eigenvalue weighted by molar-refractivity contribution is -0.141. The lowest BCUT2D eigenvalue weighted by Gasteiger charge is -2.11. The molecule has 1 heterocycles. The maximum Gasteiger partial charge on any atom is 0.316 e. The Hall–Kier alpha value is -3.65. The van der Waals surface area contributed by atoms with E-state index in [0.29, 0.717) is 17.5 Å². The quantitative estimate of drug-likeness (QED) is 0.292. The van der Waals surface area contributed by atoms with Crippen LogP contribution in [-0.4, -0.2) is 26.5 Å². The molecule has 0 aliphatic heterocycles. The second-order valence-electron chi connectivity index (χ2n) is 6.87. The fourth-order valence-electron chi connectivity index (χ4n) is 3.00. The standard InChI is InChI=1S/C24H21FN4O2S/c25-19-11-13-20(14-12-19)26-15-22-27-28-24(29(22)21-9-5-2-6-10-21)32-17-23(30)31-16-18-7-3-1-4-8-18/h1-14,26H,15-17H2. The summed E-state index contributed by atoms with van der Waals surface area (Å²) in [6.45, 7) is 0.616. The topological polar surface area (TPSA) is 69.0 Å². The van der Waals surface area contributed by atoms with Crippen molar-refractivity contribution in [1.82, 2.24) is 14.8 Å². The molecule has 0 radical (unpaired) electrons. The highest BCUT2D eigenvalue weighted by molar-refractivity contribution is 7.99. The predicted octanol–water partition coefficient (Wildman–Crippen LogP) is 4.85. The van der Waals surface area contributed by atoms with Crippen LogP contribution >= 0.6 is 11.8 Å². The molecule has 0 aliphatic rings. The number of para-hydroxylation sites is 1. The number of nitrogens with zero attached hydrogens (tertiary/aromatic N) is 3. The van der Waals surface area contributed by atoms with Gasteiger partial charge in [0.15, 0.2) is 11.0 Å². The van der Waals surface area contributed by atoms with E-state index in [4.69, 9.17) is 4.74 Å². The molecule has 0 unspecified atom stereocenters. The van der Waals surface area contributed by atoms with Crippen LogP contribution in [0.15, 0.2) is 90.1 Å². The van der Waals surface area contributed by atoms with Gasteiger partial charge in [-0.05, 0) is 42.0 Å². The van der Waals surface area contributed by atoms with Gasteiger partial charge in [0.1, 0.15) is 12.4 Å². The van der Waals surface area contributed by atoms with Crippen molar-refractivity contribution < 1.29 is 13.9 Å². The minimum atomic E-state index is -0.326. The molecule has 4 aromatic rings. The Kier molecular flexibility index (Phi) is 7.14. The molecule has 6 nitrogen and oxygen atoms in total. The first-order valence-electron chi connectivity index (χ1n) is 10.0. The highest BCUT2D eigenvalue weighted by Crippen LogP contribution is 2.23. The first kappa shape index (κ1) is 21.6. The van der Waals surface area contributed by atoms with Gasteiger partial charge in [0.05, 0.1) is 12.3 Å². The smallest absolute Gasteiger partial charge is 0.316 e. The number of halogens is 1. The molecule has 4 rings (SSSR count). The maximum atomic E-state index is 13.1. The van der Waals surface area contributed by atoms with Crippen LogP contribution in [0.5, 0.6) is 0 Å². The molecule has 0 saturated heterocycles. The molecule has 8 heteroatoms. The van der Waals surface area contributed by atoms with E-state index in [1.165, 1.54) is 23.9 Å². The lowest BCUT2D eigenvalue weighted by Crippen LogP contribution is -2.10. The van der Waals surface area contributed by atoms with E-state index in [2.05, 4.69) is 15.5 Å². The van der Waals surface area contributed by atoms with E-state index in [9.17, 15) is 9.18 Å². The van der Waals surface area contributed by atoms with E-state index in [-0.39, 0.29) is 24.1 Å². The van der Waals surface area contributed by atoms with Crippen LogP contribution in [0, 0.1) is 5.82 Å². The number of rotatable bonds is 9. The van der Waals surface area contributed by atoms with Gasteiger partial charge in [-0.3, -0.25) is 9.36 Å². The van der Waals surface area contributed by atoms with Crippen LogP contribution < -0.4 is 5.32 Å². The molecule has 32 heavy (non-hydrogen) atoms. The normalized spacial score (nSPS) is 10.7. The maximum absolute atomic E-state index is 13.1. The summed E-state index contributed by atoms with van der Waals surface area (Å²) in [5.41, 5.74) is 2.59. The van der Waals surface area contributed by atoms with Crippen molar-refractivity contribution in [3.63, 3.8) is 0 Å². The van der Waals surface area contributed by atoms with Crippen molar-refractivity contribution in [1.29, 1.82) is 0 Å². The number of thioether (sulfide) groups is 1. The first-order chi connectivity index (χ1) is 15.7.